The molecule has 1 aliphatic rings. The second-order valence-electron chi connectivity index (χ2n) is 4.77. The summed E-state index contributed by atoms with van der Waals surface area (Å²) in [5.74, 6) is 0.563. The molecule has 1 atom stereocenters. The molecule has 19 heavy (non-hydrogen) atoms. The Morgan fingerprint density at radius 1 is 1.37 bits per heavy atom. The average Bonchev–Trinajstić information content (AvgIpc) is 2.37. The molecule has 1 aromatic carbocycles. The Balaban J connectivity index is 2.00. The maximum absolute atomic E-state index is 12.7. The molecule has 1 aromatic rings. The zero-order valence-electron chi connectivity index (χ0n) is 10.5. The van der Waals surface area contributed by atoms with Crippen LogP contribution in [0.25, 0.3) is 0 Å². The normalized spacial score (nSPS) is 20.3. The number of anilines is 1. The lowest BCUT2D eigenvalue weighted by Gasteiger charge is -2.23. The minimum absolute atomic E-state index is 0.215. The van der Waals surface area contributed by atoms with Gasteiger partial charge in [0.1, 0.15) is 5.75 Å². The van der Waals surface area contributed by atoms with E-state index in [0.29, 0.717) is 12.5 Å². The number of hydrogen-bond acceptors (Lipinski definition) is 3. The number of ether oxygens (including phenoxy) is 1. The number of piperidine rings is 1. The quantitative estimate of drug-likeness (QED) is 0.833. The lowest BCUT2D eigenvalue weighted by molar-refractivity contribution is -0.137. The lowest BCUT2D eigenvalue weighted by atomic mass is 10.0. The molecule has 1 aliphatic heterocycles. The number of benzene rings is 1. The van der Waals surface area contributed by atoms with Crippen molar-refractivity contribution in [2.75, 3.05) is 25.4 Å². The van der Waals surface area contributed by atoms with Gasteiger partial charge in [-0.1, -0.05) is 0 Å². The van der Waals surface area contributed by atoms with E-state index >= 15 is 0 Å². The standard InChI is InChI=1S/C13H17F3N2O/c14-13(15,16)11-6-10(3-4-12(11)17)19-8-9-2-1-5-18-7-9/h3-4,6,9,18H,1-2,5,7-8,17H2. The van der Waals surface area contributed by atoms with E-state index in [9.17, 15) is 13.2 Å². The van der Waals surface area contributed by atoms with Gasteiger partial charge in [0.15, 0.2) is 0 Å². The van der Waals surface area contributed by atoms with Gasteiger partial charge < -0.3 is 15.8 Å². The fourth-order valence-corrected chi connectivity index (χ4v) is 2.15. The molecule has 3 N–H and O–H groups in total. The van der Waals surface area contributed by atoms with Crippen molar-refractivity contribution in [3.63, 3.8) is 0 Å². The van der Waals surface area contributed by atoms with Gasteiger partial charge in [-0.05, 0) is 37.6 Å². The highest BCUT2D eigenvalue weighted by molar-refractivity contribution is 5.51. The number of rotatable bonds is 3. The van der Waals surface area contributed by atoms with Gasteiger partial charge in [-0.3, -0.25) is 0 Å². The molecule has 3 nitrogen and oxygen atoms in total. The number of nitrogen functional groups attached to an aromatic ring is 1. The van der Waals surface area contributed by atoms with Gasteiger partial charge in [-0.25, -0.2) is 0 Å². The molecule has 0 spiro atoms. The van der Waals surface area contributed by atoms with E-state index in [-0.39, 0.29) is 11.4 Å². The van der Waals surface area contributed by atoms with Crippen LogP contribution >= 0.6 is 0 Å². The molecule has 0 radical (unpaired) electrons. The maximum Gasteiger partial charge on any atom is 0.418 e. The van der Waals surface area contributed by atoms with Gasteiger partial charge >= 0.3 is 6.18 Å². The van der Waals surface area contributed by atoms with Crippen molar-refractivity contribution in [1.82, 2.24) is 5.32 Å². The van der Waals surface area contributed by atoms with E-state index in [0.717, 1.165) is 32.0 Å². The predicted octanol–water partition coefficient (Wildman–Crippen LogP) is 2.67. The zero-order valence-corrected chi connectivity index (χ0v) is 10.5. The summed E-state index contributed by atoms with van der Waals surface area (Å²) >= 11 is 0. The van der Waals surface area contributed by atoms with E-state index in [1.54, 1.807) is 0 Å². The van der Waals surface area contributed by atoms with Gasteiger partial charge in [0.25, 0.3) is 0 Å². The topological polar surface area (TPSA) is 47.3 Å². The smallest absolute Gasteiger partial charge is 0.418 e. The molecule has 6 heteroatoms. The molecule has 0 saturated carbocycles. The molecule has 0 bridgehead atoms. The van der Waals surface area contributed by atoms with Crippen molar-refractivity contribution in [2.24, 2.45) is 5.92 Å². The third-order valence-electron chi connectivity index (χ3n) is 3.21. The highest BCUT2D eigenvalue weighted by Gasteiger charge is 2.33. The zero-order chi connectivity index (χ0) is 13.9. The second kappa shape index (κ2) is 5.69. The molecule has 0 amide bonds. The lowest BCUT2D eigenvalue weighted by Crippen LogP contribution is -2.33. The van der Waals surface area contributed by atoms with Crippen LogP contribution in [-0.2, 0) is 6.18 Å². The van der Waals surface area contributed by atoms with Crippen molar-refractivity contribution < 1.29 is 17.9 Å². The van der Waals surface area contributed by atoms with Crippen LogP contribution in [0.2, 0.25) is 0 Å². The van der Waals surface area contributed by atoms with Crippen molar-refractivity contribution in [3.8, 4) is 5.75 Å². The molecule has 2 rings (SSSR count). The van der Waals surface area contributed by atoms with Crippen LogP contribution in [0.5, 0.6) is 5.75 Å². The average molecular weight is 274 g/mol. The number of hydrogen-bond donors (Lipinski definition) is 2. The maximum atomic E-state index is 12.7. The van der Waals surface area contributed by atoms with Crippen molar-refractivity contribution >= 4 is 5.69 Å². The van der Waals surface area contributed by atoms with E-state index in [4.69, 9.17) is 10.5 Å². The highest BCUT2D eigenvalue weighted by atomic mass is 19.4. The Morgan fingerprint density at radius 2 is 2.16 bits per heavy atom. The van der Waals surface area contributed by atoms with Crippen molar-refractivity contribution in [1.29, 1.82) is 0 Å². The highest BCUT2D eigenvalue weighted by Crippen LogP contribution is 2.35. The molecule has 0 aliphatic carbocycles. The predicted molar refractivity (Wildman–Crippen MR) is 66.9 cm³/mol. The number of alkyl halides is 3. The Kier molecular flexibility index (Phi) is 4.19. The van der Waals surface area contributed by atoms with E-state index in [1.807, 2.05) is 0 Å². The monoisotopic (exact) mass is 274 g/mol. The summed E-state index contributed by atoms with van der Waals surface area (Å²) in [5, 5.41) is 3.24. The minimum Gasteiger partial charge on any atom is -0.493 e. The van der Waals surface area contributed by atoms with E-state index in [1.165, 1.54) is 12.1 Å². The number of nitrogens with one attached hydrogen (secondary N) is 1. The first-order valence-corrected chi connectivity index (χ1v) is 6.27. The van der Waals surface area contributed by atoms with Gasteiger partial charge in [-0.15, -0.1) is 0 Å². The molecular formula is C13H17F3N2O. The van der Waals surface area contributed by atoms with E-state index in [2.05, 4.69) is 5.32 Å². The Morgan fingerprint density at radius 3 is 2.79 bits per heavy atom. The summed E-state index contributed by atoms with van der Waals surface area (Å²) in [5.41, 5.74) is 4.21. The van der Waals surface area contributed by atoms with Crippen LogP contribution in [0.15, 0.2) is 18.2 Å². The van der Waals surface area contributed by atoms with Gasteiger partial charge in [0.2, 0.25) is 0 Å². The summed E-state index contributed by atoms with van der Waals surface area (Å²) in [6, 6.07) is 3.67. The van der Waals surface area contributed by atoms with Crippen LogP contribution in [0.4, 0.5) is 18.9 Å². The third-order valence-corrected chi connectivity index (χ3v) is 3.21. The molecular weight excluding hydrogens is 257 g/mol. The largest absolute Gasteiger partial charge is 0.493 e. The molecule has 1 fully saturated rings. The SMILES string of the molecule is Nc1ccc(OCC2CCCNC2)cc1C(F)(F)F. The summed E-state index contributed by atoms with van der Waals surface area (Å²) in [4.78, 5) is 0. The van der Waals surface area contributed by atoms with Gasteiger partial charge in [0.05, 0.1) is 12.2 Å². The second-order valence-corrected chi connectivity index (χ2v) is 4.77. The fraction of sp³-hybridized carbons (Fsp3) is 0.538. The fourth-order valence-electron chi connectivity index (χ4n) is 2.15. The molecule has 1 heterocycles. The van der Waals surface area contributed by atoms with Crippen LogP contribution in [0.3, 0.4) is 0 Å². The summed E-state index contributed by atoms with van der Waals surface area (Å²) < 4.78 is 43.5. The molecule has 0 aromatic heterocycles. The first-order chi connectivity index (χ1) is 8.97. The molecule has 1 unspecified atom stereocenters. The Bertz CT molecular complexity index is 428. The third kappa shape index (κ3) is 3.76. The van der Waals surface area contributed by atoms with Crippen LogP contribution in [0.1, 0.15) is 18.4 Å². The Labute approximate surface area is 109 Å². The number of halogens is 3. The van der Waals surface area contributed by atoms with Crippen LogP contribution in [0, 0.1) is 5.92 Å². The van der Waals surface area contributed by atoms with Crippen LogP contribution < -0.4 is 15.8 Å². The van der Waals surface area contributed by atoms with Crippen molar-refractivity contribution in [3.05, 3.63) is 23.8 Å². The molecule has 106 valence electrons. The number of nitrogens with two attached hydrogens (primary N) is 1. The molecule has 1 saturated heterocycles. The first kappa shape index (κ1) is 14.0. The van der Waals surface area contributed by atoms with Gasteiger partial charge in [-0.2, -0.15) is 13.2 Å². The Hall–Kier alpha value is -1.43. The first-order valence-electron chi connectivity index (χ1n) is 6.27. The minimum atomic E-state index is -4.45. The van der Waals surface area contributed by atoms with Gasteiger partial charge in [0, 0.05) is 18.2 Å². The summed E-state index contributed by atoms with van der Waals surface area (Å²) in [7, 11) is 0. The van der Waals surface area contributed by atoms with Crippen LogP contribution in [-0.4, -0.2) is 19.7 Å². The summed E-state index contributed by atoms with van der Waals surface area (Å²) in [6.07, 6.45) is -2.34. The van der Waals surface area contributed by atoms with E-state index < -0.39 is 11.7 Å². The van der Waals surface area contributed by atoms with Crippen molar-refractivity contribution in [2.45, 2.75) is 19.0 Å². The summed E-state index contributed by atoms with van der Waals surface area (Å²) in [6.45, 7) is 2.27.